The number of hydrogen-bond donors (Lipinski definition) is 1. The second kappa shape index (κ2) is 11.2. The van der Waals surface area contributed by atoms with Crippen LogP contribution in [0, 0.1) is 5.92 Å². The number of allylic oxidation sites excluding steroid dienone is 1. The minimum atomic E-state index is -4.35. The van der Waals surface area contributed by atoms with Crippen molar-refractivity contribution in [2.45, 2.75) is 57.1 Å². The van der Waals surface area contributed by atoms with E-state index in [9.17, 15) is 18.3 Å². The van der Waals surface area contributed by atoms with Gasteiger partial charge in [0.25, 0.3) is 0 Å². The molecule has 6 nitrogen and oxygen atoms in total. The van der Waals surface area contributed by atoms with E-state index in [4.69, 9.17) is 14.2 Å². The SMILES string of the molecule is COc1ccccc1N1CCN(CCCCO[C@@H]2CCC3=C(C2)O[C@@H](O)C[C@H]3C(F)(F)F)CC1. The molecule has 0 spiro atoms. The second-order valence-corrected chi connectivity index (χ2v) is 9.29. The molecule has 3 atom stereocenters. The van der Waals surface area contributed by atoms with Crippen molar-refractivity contribution >= 4 is 5.69 Å². The minimum Gasteiger partial charge on any atom is -0.495 e. The van der Waals surface area contributed by atoms with Gasteiger partial charge in [-0.05, 0) is 49.9 Å². The number of nitrogens with zero attached hydrogens (tertiary/aromatic N) is 2. The van der Waals surface area contributed by atoms with Gasteiger partial charge in [-0.25, -0.2) is 0 Å². The third-order valence-electron chi connectivity index (χ3n) is 7.06. The molecule has 3 aliphatic rings. The van der Waals surface area contributed by atoms with Crippen LogP contribution in [-0.2, 0) is 9.47 Å². The van der Waals surface area contributed by atoms with Crippen molar-refractivity contribution in [1.29, 1.82) is 0 Å². The Hall–Kier alpha value is -1.97. The first kappa shape index (κ1) is 25.1. The number of ether oxygens (including phenoxy) is 3. The lowest BCUT2D eigenvalue weighted by atomic mass is 9.82. The maximum atomic E-state index is 13.3. The number of aliphatic hydroxyl groups is 1. The first-order valence-corrected chi connectivity index (χ1v) is 12.2. The van der Waals surface area contributed by atoms with Gasteiger partial charge >= 0.3 is 6.18 Å². The van der Waals surface area contributed by atoms with Crippen molar-refractivity contribution in [1.82, 2.24) is 4.90 Å². The van der Waals surface area contributed by atoms with Crippen LogP contribution in [-0.4, -0.2) is 75.0 Å². The average molecular weight is 485 g/mol. The maximum absolute atomic E-state index is 13.3. The van der Waals surface area contributed by atoms with Gasteiger partial charge in [-0.15, -0.1) is 0 Å². The third kappa shape index (κ3) is 6.17. The summed E-state index contributed by atoms with van der Waals surface area (Å²) in [4.78, 5) is 4.82. The van der Waals surface area contributed by atoms with Gasteiger partial charge in [-0.1, -0.05) is 12.1 Å². The Labute approximate surface area is 199 Å². The van der Waals surface area contributed by atoms with Crippen molar-refractivity contribution < 1.29 is 32.5 Å². The molecule has 0 saturated carbocycles. The van der Waals surface area contributed by atoms with E-state index in [1.54, 1.807) is 7.11 Å². The average Bonchev–Trinajstić information content (AvgIpc) is 2.83. The highest BCUT2D eigenvalue weighted by molar-refractivity contribution is 5.58. The monoisotopic (exact) mass is 484 g/mol. The Bertz CT molecular complexity index is 840. The van der Waals surface area contributed by atoms with Crippen molar-refractivity contribution in [3.8, 4) is 5.75 Å². The first-order valence-electron chi connectivity index (χ1n) is 12.2. The molecule has 0 aromatic heterocycles. The molecule has 4 rings (SSSR count). The lowest BCUT2D eigenvalue weighted by Gasteiger charge is -2.37. The Morgan fingerprint density at radius 2 is 1.88 bits per heavy atom. The Morgan fingerprint density at radius 3 is 2.62 bits per heavy atom. The van der Waals surface area contributed by atoms with Gasteiger partial charge in [0, 0.05) is 45.6 Å². The standard InChI is InChI=1S/C25H35F3N2O4/c1-32-22-7-3-2-6-21(22)30-13-11-29(12-14-30)10-4-5-15-33-18-8-9-19-20(25(26,27)28)17-24(31)34-23(19)16-18/h2-3,6-7,18,20,24,31H,4-5,8-17H2,1H3/t18-,20-,24-/m1/s1. The lowest BCUT2D eigenvalue weighted by molar-refractivity contribution is -0.200. The number of benzene rings is 1. The van der Waals surface area contributed by atoms with Gasteiger partial charge in [-0.3, -0.25) is 4.90 Å². The van der Waals surface area contributed by atoms with Crippen LogP contribution in [0.2, 0.25) is 0 Å². The minimum absolute atomic E-state index is 0.151. The first-order chi connectivity index (χ1) is 16.3. The fraction of sp³-hybridized carbons (Fsp3) is 0.680. The van der Waals surface area contributed by atoms with E-state index in [2.05, 4.69) is 15.9 Å². The molecule has 190 valence electrons. The van der Waals surface area contributed by atoms with Gasteiger partial charge < -0.3 is 24.2 Å². The molecule has 34 heavy (non-hydrogen) atoms. The summed E-state index contributed by atoms with van der Waals surface area (Å²) in [6.07, 6.45) is -3.20. The van der Waals surface area contributed by atoms with E-state index in [1.165, 1.54) is 0 Å². The van der Waals surface area contributed by atoms with Crippen LogP contribution < -0.4 is 9.64 Å². The Morgan fingerprint density at radius 1 is 1.12 bits per heavy atom. The number of methoxy groups -OCH3 is 1. The molecular formula is C25H35F3N2O4. The number of halogens is 3. The van der Waals surface area contributed by atoms with E-state index in [1.807, 2.05) is 18.2 Å². The molecule has 0 amide bonds. The van der Waals surface area contributed by atoms with Crippen molar-refractivity contribution in [2.24, 2.45) is 5.92 Å². The summed E-state index contributed by atoms with van der Waals surface area (Å²) in [5, 5.41) is 9.73. The maximum Gasteiger partial charge on any atom is 0.395 e. The topological polar surface area (TPSA) is 54.4 Å². The molecule has 1 N–H and O–H groups in total. The number of para-hydroxylation sites is 2. The number of alkyl halides is 3. The molecule has 0 radical (unpaired) electrons. The Balaban J connectivity index is 1.14. The van der Waals surface area contributed by atoms with Crippen molar-refractivity contribution in [3.05, 3.63) is 35.6 Å². The molecular weight excluding hydrogens is 449 g/mol. The summed E-state index contributed by atoms with van der Waals surface area (Å²) in [5.74, 6) is -0.415. The van der Waals surface area contributed by atoms with Gasteiger partial charge in [0.15, 0.2) is 6.29 Å². The van der Waals surface area contributed by atoms with Gasteiger partial charge in [0.2, 0.25) is 0 Å². The van der Waals surface area contributed by atoms with Crippen molar-refractivity contribution in [2.75, 3.05) is 51.3 Å². The summed E-state index contributed by atoms with van der Waals surface area (Å²) in [7, 11) is 1.70. The third-order valence-corrected chi connectivity index (χ3v) is 7.06. The number of rotatable bonds is 8. The molecule has 0 unspecified atom stereocenters. The lowest BCUT2D eigenvalue weighted by Crippen LogP contribution is -2.46. The van der Waals surface area contributed by atoms with Gasteiger partial charge in [0.05, 0.1) is 24.8 Å². The number of hydrogen-bond acceptors (Lipinski definition) is 6. The normalized spacial score (nSPS) is 26.3. The summed E-state index contributed by atoms with van der Waals surface area (Å²) in [6, 6.07) is 8.10. The molecule has 1 aliphatic carbocycles. The van der Waals surface area contributed by atoms with E-state index >= 15 is 0 Å². The number of unbranched alkanes of at least 4 members (excludes halogenated alkanes) is 1. The van der Waals surface area contributed by atoms with Crippen LogP contribution in [0.15, 0.2) is 35.6 Å². The van der Waals surface area contributed by atoms with E-state index in [0.717, 1.165) is 57.0 Å². The van der Waals surface area contributed by atoms with E-state index in [0.29, 0.717) is 31.4 Å². The number of anilines is 1. The molecule has 2 aliphatic heterocycles. The highest BCUT2D eigenvalue weighted by Crippen LogP contribution is 2.45. The largest absolute Gasteiger partial charge is 0.495 e. The number of aliphatic hydroxyl groups excluding tert-OH is 1. The molecule has 1 saturated heterocycles. The van der Waals surface area contributed by atoms with Crippen LogP contribution in [0.25, 0.3) is 0 Å². The zero-order valence-electron chi connectivity index (χ0n) is 19.7. The summed E-state index contributed by atoms with van der Waals surface area (Å²) >= 11 is 0. The van der Waals surface area contributed by atoms with Crippen LogP contribution in [0.5, 0.6) is 5.75 Å². The zero-order valence-corrected chi connectivity index (χ0v) is 19.7. The van der Waals surface area contributed by atoms with Crippen LogP contribution in [0.1, 0.15) is 38.5 Å². The summed E-state index contributed by atoms with van der Waals surface area (Å²) in [6.45, 7) is 5.50. The fourth-order valence-corrected chi connectivity index (χ4v) is 5.21. The predicted molar refractivity (Wildman–Crippen MR) is 123 cm³/mol. The van der Waals surface area contributed by atoms with Crippen LogP contribution >= 0.6 is 0 Å². The van der Waals surface area contributed by atoms with Crippen molar-refractivity contribution in [3.63, 3.8) is 0 Å². The number of piperazine rings is 1. The smallest absolute Gasteiger partial charge is 0.395 e. The summed E-state index contributed by atoms with van der Waals surface area (Å²) in [5.41, 5.74) is 1.43. The fourth-order valence-electron chi connectivity index (χ4n) is 5.21. The molecule has 9 heteroatoms. The molecule has 1 fully saturated rings. The predicted octanol–water partition coefficient (Wildman–Crippen LogP) is 4.34. The van der Waals surface area contributed by atoms with Crippen LogP contribution in [0.4, 0.5) is 18.9 Å². The van der Waals surface area contributed by atoms with Crippen LogP contribution in [0.3, 0.4) is 0 Å². The zero-order chi connectivity index (χ0) is 24.1. The highest BCUT2D eigenvalue weighted by Gasteiger charge is 2.48. The summed E-state index contributed by atoms with van der Waals surface area (Å²) < 4.78 is 56.7. The Kier molecular flexibility index (Phi) is 8.26. The molecule has 2 heterocycles. The van der Waals surface area contributed by atoms with E-state index in [-0.39, 0.29) is 11.9 Å². The van der Waals surface area contributed by atoms with Gasteiger partial charge in [0.1, 0.15) is 11.5 Å². The molecule has 1 aromatic carbocycles. The van der Waals surface area contributed by atoms with E-state index < -0.39 is 24.8 Å². The quantitative estimate of drug-likeness (QED) is 0.554. The second-order valence-electron chi connectivity index (χ2n) is 9.29. The molecule has 0 bridgehead atoms. The highest BCUT2D eigenvalue weighted by atomic mass is 19.4. The molecule has 1 aromatic rings. The van der Waals surface area contributed by atoms with Gasteiger partial charge in [-0.2, -0.15) is 13.2 Å².